The van der Waals surface area contributed by atoms with Crippen molar-refractivity contribution in [3.05, 3.63) is 85.1 Å². The van der Waals surface area contributed by atoms with Gasteiger partial charge in [0.2, 0.25) is 5.76 Å². The van der Waals surface area contributed by atoms with Crippen LogP contribution in [-0.2, 0) is 13.0 Å². The zero-order chi connectivity index (χ0) is 20.7. The smallest absolute Gasteiger partial charge is 0.371 e. The predicted molar refractivity (Wildman–Crippen MR) is 112 cm³/mol. The van der Waals surface area contributed by atoms with Gasteiger partial charge in [0.25, 0.3) is 5.56 Å². The second kappa shape index (κ2) is 7.50. The number of fused-ring (bicyclic) bond motifs is 1. The summed E-state index contributed by atoms with van der Waals surface area (Å²) in [6.45, 7) is 3.98. The second-order valence-electron chi connectivity index (χ2n) is 6.76. The molecule has 0 saturated carbocycles. The Labute approximate surface area is 175 Å². The molecule has 1 aromatic carbocycles. The lowest BCUT2D eigenvalue weighted by Crippen LogP contribution is -2.26. The lowest BCUT2D eigenvalue weighted by Gasteiger charge is -2.12. The molecule has 148 valence electrons. The first kappa shape index (κ1) is 19.4. The molecule has 0 aliphatic heterocycles. The number of aromatic nitrogens is 2. The number of rotatable bonds is 5. The van der Waals surface area contributed by atoms with Crippen LogP contribution in [-0.4, -0.2) is 20.6 Å². The number of hydrogen-bond acceptors (Lipinski definition) is 5. The molecule has 8 heteroatoms. The van der Waals surface area contributed by atoms with Crippen molar-refractivity contribution < 1.29 is 14.3 Å². The summed E-state index contributed by atoms with van der Waals surface area (Å²) in [6.07, 6.45) is 0.435. The number of carbonyl (C=O) groups is 1. The monoisotopic (exact) mass is 428 g/mol. The maximum absolute atomic E-state index is 13.3. The summed E-state index contributed by atoms with van der Waals surface area (Å²) >= 11 is 7.47. The van der Waals surface area contributed by atoms with Crippen molar-refractivity contribution in [2.24, 2.45) is 0 Å². The number of aromatic carboxylic acids is 1. The summed E-state index contributed by atoms with van der Waals surface area (Å²) in [5, 5.41) is 10.3. The number of aryl methyl sites for hydroxylation is 2. The molecule has 0 amide bonds. The Balaban J connectivity index is 1.85. The lowest BCUT2D eigenvalue weighted by molar-refractivity contribution is 0.0660. The third-order valence-electron chi connectivity index (χ3n) is 4.83. The van der Waals surface area contributed by atoms with Gasteiger partial charge >= 0.3 is 5.97 Å². The van der Waals surface area contributed by atoms with E-state index in [0.717, 1.165) is 16.0 Å². The number of carboxylic acids is 1. The minimum atomic E-state index is -1.15. The fourth-order valence-electron chi connectivity index (χ4n) is 3.19. The van der Waals surface area contributed by atoms with Gasteiger partial charge in [-0.25, -0.2) is 9.78 Å². The van der Waals surface area contributed by atoms with Gasteiger partial charge in [0, 0.05) is 16.3 Å². The first-order chi connectivity index (χ1) is 13.8. The fourth-order valence-corrected chi connectivity index (χ4v) is 4.35. The molecule has 0 bridgehead atoms. The second-order valence-corrected chi connectivity index (χ2v) is 8.40. The zero-order valence-electron chi connectivity index (χ0n) is 15.7. The third kappa shape index (κ3) is 3.71. The highest BCUT2D eigenvalue weighted by molar-refractivity contribution is 7.18. The molecule has 0 fully saturated rings. The Morgan fingerprint density at radius 1 is 1.21 bits per heavy atom. The standard InChI is InChI=1S/C21H17ClN2O4S/c1-11-12(2)29-19-18(11)20(25)24(10-15-7-8-16(28-15)21(26)27)17(23-19)9-13-3-5-14(22)6-4-13/h3-8H,9-10H2,1-2H3,(H,26,27). The van der Waals surface area contributed by atoms with Crippen molar-refractivity contribution in [1.82, 2.24) is 9.55 Å². The summed E-state index contributed by atoms with van der Waals surface area (Å²) < 4.78 is 6.93. The first-order valence-electron chi connectivity index (χ1n) is 8.89. The van der Waals surface area contributed by atoms with Crippen molar-refractivity contribution in [1.29, 1.82) is 0 Å². The first-order valence-corrected chi connectivity index (χ1v) is 10.1. The molecule has 0 aliphatic carbocycles. The number of nitrogens with zero attached hydrogens (tertiary/aromatic N) is 2. The van der Waals surface area contributed by atoms with Gasteiger partial charge in [-0.15, -0.1) is 11.3 Å². The van der Waals surface area contributed by atoms with Crippen LogP contribution in [0.3, 0.4) is 0 Å². The summed E-state index contributed by atoms with van der Waals surface area (Å²) in [5.74, 6) is -0.348. The summed E-state index contributed by atoms with van der Waals surface area (Å²) in [4.78, 5) is 30.9. The van der Waals surface area contributed by atoms with Crippen LogP contribution in [0.1, 0.15) is 38.1 Å². The van der Waals surface area contributed by atoms with Gasteiger partial charge < -0.3 is 9.52 Å². The Bertz CT molecular complexity index is 1280. The van der Waals surface area contributed by atoms with Gasteiger partial charge in [0.15, 0.2) is 0 Å². The number of hydrogen-bond donors (Lipinski definition) is 1. The van der Waals surface area contributed by atoms with E-state index >= 15 is 0 Å². The minimum Gasteiger partial charge on any atom is -0.475 e. The molecule has 4 rings (SSSR count). The number of furan rings is 1. The van der Waals surface area contributed by atoms with Gasteiger partial charge in [-0.1, -0.05) is 23.7 Å². The highest BCUT2D eigenvalue weighted by atomic mass is 35.5. The van der Waals surface area contributed by atoms with Gasteiger partial charge in [-0.2, -0.15) is 0 Å². The van der Waals surface area contributed by atoms with Crippen molar-refractivity contribution in [3.8, 4) is 0 Å². The highest BCUT2D eigenvalue weighted by Gasteiger charge is 2.18. The van der Waals surface area contributed by atoms with Gasteiger partial charge in [0.1, 0.15) is 16.4 Å². The average Bonchev–Trinajstić information content (AvgIpc) is 3.25. The predicted octanol–water partition coefficient (Wildman–Crippen LogP) is 4.66. The average molecular weight is 429 g/mol. The Hall–Kier alpha value is -2.90. The molecule has 29 heavy (non-hydrogen) atoms. The summed E-state index contributed by atoms with van der Waals surface area (Å²) in [5.41, 5.74) is 1.72. The Kier molecular flexibility index (Phi) is 5.02. The normalized spacial score (nSPS) is 11.3. The largest absolute Gasteiger partial charge is 0.475 e. The fraction of sp³-hybridized carbons (Fsp3) is 0.190. The molecule has 3 heterocycles. The highest BCUT2D eigenvalue weighted by Crippen LogP contribution is 2.27. The van der Waals surface area contributed by atoms with E-state index in [4.69, 9.17) is 26.1 Å². The maximum atomic E-state index is 13.3. The maximum Gasteiger partial charge on any atom is 0.371 e. The van der Waals surface area contributed by atoms with E-state index < -0.39 is 5.97 Å². The summed E-state index contributed by atoms with van der Waals surface area (Å²) in [7, 11) is 0. The van der Waals surface area contributed by atoms with Crippen LogP contribution in [0.25, 0.3) is 10.2 Å². The molecule has 0 radical (unpaired) electrons. The van der Waals surface area contributed by atoms with Crippen molar-refractivity contribution >= 4 is 39.1 Å². The Morgan fingerprint density at radius 2 is 1.93 bits per heavy atom. The van der Waals surface area contributed by atoms with Crippen LogP contribution in [0, 0.1) is 13.8 Å². The van der Waals surface area contributed by atoms with Crippen LogP contribution in [0.15, 0.2) is 45.6 Å². The van der Waals surface area contributed by atoms with Crippen molar-refractivity contribution in [3.63, 3.8) is 0 Å². The number of thiophene rings is 1. The van der Waals surface area contributed by atoms with E-state index in [1.54, 1.807) is 22.8 Å². The third-order valence-corrected chi connectivity index (χ3v) is 6.18. The van der Waals surface area contributed by atoms with Crippen molar-refractivity contribution in [2.75, 3.05) is 0 Å². The minimum absolute atomic E-state index is 0.103. The summed E-state index contributed by atoms with van der Waals surface area (Å²) in [6, 6.07) is 10.3. The number of carboxylic acid groups (broad SMARTS) is 1. The van der Waals surface area contributed by atoms with Crippen LogP contribution in [0.4, 0.5) is 0 Å². The molecular weight excluding hydrogens is 412 g/mol. The van der Waals surface area contributed by atoms with Gasteiger partial charge in [0.05, 0.1) is 11.9 Å². The van der Waals surface area contributed by atoms with E-state index in [1.165, 1.54) is 17.4 Å². The SMILES string of the molecule is Cc1sc2nc(Cc3ccc(Cl)cc3)n(Cc3ccc(C(=O)O)o3)c(=O)c2c1C. The lowest BCUT2D eigenvalue weighted by atomic mass is 10.1. The topological polar surface area (TPSA) is 85.3 Å². The number of benzene rings is 1. The molecule has 0 aliphatic rings. The molecule has 0 saturated heterocycles. The van der Waals surface area contributed by atoms with Gasteiger partial charge in [-0.3, -0.25) is 9.36 Å². The van der Waals surface area contributed by atoms with Gasteiger partial charge in [-0.05, 0) is 49.2 Å². The van der Waals surface area contributed by atoms with E-state index in [9.17, 15) is 9.59 Å². The number of halogens is 1. The molecule has 0 spiro atoms. The molecule has 0 atom stereocenters. The van der Waals surface area contributed by atoms with Crippen LogP contribution in [0.5, 0.6) is 0 Å². The zero-order valence-corrected chi connectivity index (χ0v) is 17.3. The van der Waals surface area contributed by atoms with Crippen molar-refractivity contribution in [2.45, 2.75) is 26.8 Å². The van der Waals surface area contributed by atoms with Crippen LogP contribution >= 0.6 is 22.9 Å². The molecule has 3 aromatic heterocycles. The van der Waals surface area contributed by atoms with Crippen LogP contribution < -0.4 is 5.56 Å². The van der Waals surface area contributed by atoms with E-state index in [-0.39, 0.29) is 17.9 Å². The van der Waals surface area contributed by atoms with E-state index in [0.29, 0.717) is 33.2 Å². The molecule has 1 N–H and O–H groups in total. The van der Waals surface area contributed by atoms with E-state index in [1.807, 2.05) is 26.0 Å². The Morgan fingerprint density at radius 3 is 2.59 bits per heavy atom. The molecule has 0 unspecified atom stereocenters. The van der Waals surface area contributed by atoms with E-state index in [2.05, 4.69) is 0 Å². The molecule has 4 aromatic rings. The molecular formula is C21H17ClN2O4S. The van der Waals surface area contributed by atoms with Crippen LogP contribution in [0.2, 0.25) is 5.02 Å². The quantitative estimate of drug-likeness (QED) is 0.499. The molecule has 6 nitrogen and oxygen atoms in total.